The summed E-state index contributed by atoms with van der Waals surface area (Å²) >= 11 is 1.87. The number of fused-ring (bicyclic) bond motifs is 12. The first-order chi connectivity index (χ1) is 28.2. The van der Waals surface area contributed by atoms with Gasteiger partial charge in [-0.05, 0) is 121 Å². The zero-order valence-corrected chi connectivity index (χ0v) is 32.4. The second kappa shape index (κ2) is 12.4. The number of hydrogen-bond donors (Lipinski definition) is 0. The summed E-state index contributed by atoms with van der Waals surface area (Å²) in [5, 5.41) is 5.26. The maximum absolute atomic E-state index is 2.54. The minimum Gasteiger partial charge on any atom is -0.310 e. The molecule has 12 rings (SSSR count). The number of anilines is 3. The molecule has 0 radical (unpaired) electrons. The summed E-state index contributed by atoms with van der Waals surface area (Å²) in [7, 11) is 0. The topological polar surface area (TPSA) is 3.24 Å². The molecule has 0 bridgehead atoms. The molecule has 1 spiro atoms. The van der Waals surface area contributed by atoms with Crippen LogP contribution >= 0.6 is 11.3 Å². The molecule has 0 N–H and O–H groups in total. The number of hydrogen-bond acceptors (Lipinski definition) is 2. The molecule has 1 atom stereocenters. The van der Waals surface area contributed by atoms with Gasteiger partial charge in [-0.25, -0.2) is 0 Å². The lowest BCUT2D eigenvalue weighted by Gasteiger charge is -2.41. The molecule has 2 aliphatic carbocycles. The standard InChI is InChI=1S/C55H37NS/c1-2-35-26-27-38-16-12-20-44-42-18-7-10-22-47(42)55(54(35)52(38)44)46-21-9-6-17-41(46)43-33-32-40(34-48(43)55)56(39-30-28-37(29-31-39)36-14-4-3-5-15-36)49-23-13-25-51-53(49)45-19-8-11-24-50(45)57-51/h3-34H,2H2,1H3. The normalized spacial score (nSPS) is 14.9. The Hall–Kier alpha value is -6.74. The van der Waals surface area contributed by atoms with Crippen LogP contribution in [0, 0.1) is 0 Å². The van der Waals surface area contributed by atoms with Crippen molar-refractivity contribution < 1.29 is 0 Å². The summed E-state index contributed by atoms with van der Waals surface area (Å²) in [4.78, 5) is 2.51. The van der Waals surface area contributed by atoms with Gasteiger partial charge in [-0.1, -0.05) is 159 Å². The van der Waals surface area contributed by atoms with Crippen LogP contribution in [0.3, 0.4) is 0 Å². The van der Waals surface area contributed by atoms with Gasteiger partial charge in [0, 0.05) is 31.5 Å². The van der Waals surface area contributed by atoms with Gasteiger partial charge in [-0.2, -0.15) is 0 Å². The van der Waals surface area contributed by atoms with Gasteiger partial charge in [-0.3, -0.25) is 0 Å². The number of aryl methyl sites for hydroxylation is 1. The highest BCUT2D eigenvalue weighted by molar-refractivity contribution is 7.26. The smallest absolute Gasteiger partial charge is 0.0729 e. The molecule has 0 fully saturated rings. The Balaban J connectivity index is 1.18. The summed E-state index contributed by atoms with van der Waals surface area (Å²) in [6.07, 6.45) is 0.952. The highest BCUT2D eigenvalue weighted by Gasteiger charge is 2.51. The van der Waals surface area contributed by atoms with Gasteiger partial charge in [0.1, 0.15) is 0 Å². The molecule has 57 heavy (non-hydrogen) atoms. The van der Waals surface area contributed by atoms with Gasteiger partial charge >= 0.3 is 0 Å². The highest BCUT2D eigenvalue weighted by Crippen LogP contribution is 2.63. The fourth-order valence-electron chi connectivity index (χ4n) is 10.3. The lowest BCUT2D eigenvalue weighted by molar-refractivity contribution is 0.759. The molecular formula is C55H37NS. The van der Waals surface area contributed by atoms with Crippen LogP contribution < -0.4 is 4.90 Å². The van der Waals surface area contributed by atoms with E-state index >= 15 is 0 Å². The van der Waals surface area contributed by atoms with E-state index < -0.39 is 5.41 Å². The zero-order chi connectivity index (χ0) is 37.7. The Bertz CT molecular complexity index is 3230. The second-order valence-electron chi connectivity index (χ2n) is 15.4. The molecule has 0 saturated carbocycles. The number of benzene rings is 9. The Labute approximate surface area is 336 Å². The number of nitrogens with zero attached hydrogens (tertiary/aromatic N) is 1. The molecule has 1 nitrogen and oxygen atoms in total. The molecule has 1 aromatic heterocycles. The summed E-state index contributed by atoms with van der Waals surface area (Å²) in [6.45, 7) is 2.32. The highest BCUT2D eigenvalue weighted by atomic mass is 32.1. The fraction of sp³-hybridized carbons (Fsp3) is 0.0545. The molecule has 268 valence electrons. The van der Waals surface area contributed by atoms with Crippen LogP contribution in [0.25, 0.3) is 64.3 Å². The lowest BCUT2D eigenvalue weighted by atomic mass is 9.60. The predicted molar refractivity (Wildman–Crippen MR) is 243 cm³/mol. The van der Waals surface area contributed by atoms with Crippen LogP contribution in [-0.2, 0) is 11.8 Å². The van der Waals surface area contributed by atoms with Crippen molar-refractivity contribution in [1.29, 1.82) is 0 Å². The third-order valence-corrected chi connectivity index (χ3v) is 13.8. The summed E-state index contributed by atoms with van der Waals surface area (Å²) in [6, 6.07) is 72.8. The Kier molecular flexibility index (Phi) is 7.06. The van der Waals surface area contributed by atoms with Gasteiger partial charge in [0.15, 0.2) is 0 Å². The van der Waals surface area contributed by atoms with Gasteiger partial charge in [0.25, 0.3) is 0 Å². The largest absolute Gasteiger partial charge is 0.310 e. The van der Waals surface area contributed by atoms with E-state index in [9.17, 15) is 0 Å². The van der Waals surface area contributed by atoms with Crippen molar-refractivity contribution in [3.8, 4) is 33.4 Å². The molecule has 0 aliphatic heterocycles. The minimum absolute atomic E-state index is 0.498. The van der Waals surface area contributed by atoms with E-state index in [4.69, 9.17) is 0 Å². The van der Waals surface area contributed by atoms with E-state index in [1.165, 1.54) is 97.8 Å². The minimum atomic E-state index is -0.498. The van der Waals surface area contributed by atoms with E-state index in [1.807, 2.05) is 11.3 Å². The van der Waals surface area contributed by atoms with Crippen molar-refractivity contribution in [2.75, 3.05) is 4.90 Å². The molecule has 2 heteroatoms. The van der Waals surface area contributed by atoms with Gasteiger partial charge in [0.2, 0.25) is 0 Å². The second-order valence-corrected chi connectivity index (χ2v) is 16.5. The van der Waals surface area contributed by atoms with Gasteiger partial charge in [-0.15, -0.1) is 11.3 Å². The molecule has 1 heterocycles. The van der Waals surface area contributed by atoms with Crippen molar-refractivity contribution in [1.82, 2.24) is 0 Å². The first-order valence-corrected chi connectivity index (χ1v) is 20.8. The van der Waals surface area contributed by atoms with Gasteiger partial charge in [0.05, 0.1) is 11.1 Å². The maximum atomic E-state index is 2.54. The van der Waals surface area contributed by atoms with E-state index in [0.717, 1.165) is 17.8 Å². The van der Waals surface area contributed by atoms with Crippen molar-refractivity contribution in [2.45, 2.75) is 18.8 Å². The Morgan fingerprint density at radius 2 is 1.09 bits per heavy atom. The molecule has 10 aromatic rings. The van der Waals surface area contributed by atoms with Gasteiger partial charge < -0.3 is 4.90 Å². The van der Waals surface area contributed by atoms with Crippen LogP contribution in [0.2, 0.25) is 0 Å². The summed E-state index contributed by atoms with van der Waals surface area (Å²) in [5.74, 6) is 0. The molecule has 9 aromatic carbocycles. The van der Waals surface area contributed by atoms with E-state index in [0.29, 0.717) is 0 Å². The van der Waals surface area contributed by atoms with Crippen molar-refractivity contribution in [3.63, 3.8) is 0 Å². The van der Waals surface area contributed by atoms with E-state index in [2.05, 4.69) is 206 Å². The van der Waals surface area contributed by atoms with Crippen LogP contribution in [0.5, 0.6) is 0 Å². The first kappa shape index (κ1) is 32.5. The van der Waals surface area contributed by atoms with Crippen molar-refractivity contribution in [3.05, 3.63) is 222 Å². The lowest BCUT2D eigenvalue weighted by Crippen LogP contribution is -2.33. The van der Waals surface area contributed by atoms with Crippen LogP contribution in [0.1, 0.15) is 34.7 Å². The molecule has 0 saturated heterocycles. The molecule has 1 unspecified atom stereocenters. The van der Waals surface area contributed by atoms with Crippen molar-refractivity contribution >= 4 is 59.3 Å². The van der Waals surface area contributed by atoms with Crippen LogP contribution in [-0.4, -0.2) is 0 Å². The SMILES string of the molecule is CCc1ccc2cccc3c2c1C1(c2ccccc2-c2ccc(N(c4ccc(-c5ccccc5)cc4)c4cccc5sc6ccccc6c45)cc21)c1ccccc1-3. The van der Waals surface area contributed by atoms with E-state index in [-0.39, 0.29) is 0 Å². The Morgan fingerprint density at radius 3 is 1.89 bits per heavy atom. The van der Waals surface area contributed by atoms with Crippen LogP contribution in [0.4, 0.5) is 17.1 Å². The predicted octanol–water partition coefficient (Wildman–Crippen LogP) is 15.3. The molecule has 2 aliphatic rings. The molecule has 0 amide bonds. The third-order valence-electron chi connectivity index (χ3n) is 12.6. The average Bonchev–Trinajstić information content (AvgIpc) is 3.80. The third kappa shape index (κ3) is 4.51. The van der Waals surface area contributed by atoms with Crippen LogP contribution in [0.15, 0.2) is 194 Å². The Morgan fingerprint density at radius 1 is 0.456 bits per heavy atom. The number of thiophene rings is 1. The summed E-state index contributed by atoms with van der Waals surface area (Å²) < 4.78 is 2.60. The fourth-order valence-corrected chi connectivity index (χ4v) is 11.4. The van der Waals surface area contributed by atoms with E-state index in [1.54, 1.807) is 0 Å². The summed E-state index contributed by atoms with van der Waals surface area (Å²) in [5.41, 5.74) is 17.6. The average molecular weight is 744 g/mol. The zero-order valence-electron chi connectivity index (χ0n) is 31.5. The first-order valence-electron chi connectivity index (χ1n) is 20.0. The molecular weight excluding hydrogens is 707 g/mol. The van der Waals surface area contributed by atoms with Crippen molar-refractivity contribution in [2.24, 2.45) is 0 Å². The monoisotopic (exact) mass is 743 g/mol. The maximum Gasteiger partial charge on any atom is 0.0729 e. The number of rotatable bonds is 5. The quantitative estimate of drug-likeness (QED) is 0.170.